The number of benzene rings is 2. The first-order chi connectivity index (χ1) is 14.6. The molecule has 0 aliphatic carbocycles. The van der Waals surface area contributed by atoms with Crippen LogP contribution >= 0.6 is 0 Å². The number of piperidine rings is 1. The first-order valence-electron chi connectivity index (χ1n) is 10.2. The highest BCUT2D eigenvalue weighted by molar-refractivity contribution is 5.95. The lowest BCUT2D eigenvalue weighted by molar-refractivity contribution is 0.0852. The van der Waals surface area contributed by atoms with Crippen LogP contribution in [0.1, 0.15) is 22.3 Å². The Morgan fingerprint density at radius 1 is 1.10 bits per heavy atom. The van der Waals surface area contributed by atoms with Gasteiger partial charge in [0.05, 0.1) is 21.3 Å². The van der Waals surface area contributed by atoms with Crippen molar-refractivity contribution in [2.24, 2.45) is 11.7 Å². The van der Waals surface area contributed by atoms with Gasteiger partial charge in [-0.15, -0.1) is 0 Å². The van der Waals surface area contributed by atoms with E-state index in [9.17, 15) is 4.79 Å². The van der Waals surface area contributed by atoms with Crippen molar-refractivity contribution in [1.29, 1.82) is 0 Å². The van der Waals surface area contributed by atoms with Crippen molar-refractivity contribution < 1.29 is 19.0 Å². The quantitative estimate of drug-likeness (QED) is 0.691. The lowest BCUT2D eigenvalue weighted by Crippen LogP contribution is -2.53. The highest BCUT2D eigenvalue weighted by atomic mass is 16.5. The maximum absolute atomic E-state index is 13.0. The Balaban J connectivity index is 1.68. The lowest BCUT2D eigenvalue weighted by atomic mass is 9.91. The summed E-state index contributed by atoms with van der Waals surface area (Å²) < 4.78 is 16.1. The fraction of sp³-hybridized carbons (Fsp3) is 0.435. The number of carbonyl (C=O) groups is 1. The second-order valence-electron chi connectivity index (χ2n) is 7.50. The van der Waals surface area contributed by atoms with E-state index in [2.05, 4.69) is 34.5 Å². The third-order valence-corrected chi connectivity index (χ3v) is 5.61. The number of nitrogens with two attached hydrogens (primary N) is 1. The Hall–Kier alpha value is -2.77. The second kappa shape index (κ2) is 10.3. The van der Waals surface area contributed by atoms with Crippen LogP contribution in [0.5, 0.6) is 17.2 Å². The molecule has 2 aromatic rings. The largest absolute Gasteiger partial charge is 0.493 e. The minimum Gasteiger partial charge on any atom is -0.493 e. The Morgan fingerprint density at radius 2 is 1.77 bits per heavy atom. The van der Waals surface area contributed by atoms with Gasteiger partial charge in [0, 0.05) is 37.2 Å². The highest BCUT2D eigenvalue weighted by Gasteiger charge is 2.30. The molecule has 2 atom stereocenters. The molecule has 1 aliphatic heterocycles. The van der Waals surface area contributed by atoms with Crippen molar-refractivity contribution in [2.45, 2.75) is 19.0 Å². The summed E-state index contributed by atoms with van der Waals surface area (Å²) >= 11 is 0. The molecule has 0 bridgehead atoms. The minimum atomic E-state index is -0.172. The number of methoxy groups -OCH3 is 3. The zero-order valence-electron chi connectivity index (χ0n) is 17.9. The summed E-state index contributed by atoms with van der Waals surface area (Å²) in [7, 11) is 4.60. The molecule has 7 heteroatoms. The first-order valence-corrected chi connectivity index (χ1v) is 10.2. The Labute approximate surface area is 178 Å². The van der Waals surface area contributed by atoms with Gasteiger partial charge in [-0.25, -0.2) is 0 Å². The van der Waals surface area contributed by atoms with Crippen LogP contribution in [-0.2, 0) is 6.54 Å². The predicted molar refractivity (Wildman–Crippen MR) is 116 cm³/mol. The van der Waals surface area contributed by atoms with Crippen molar-refractivity contribution in [2.75, 3.05) is 41.0 Å². The smallest absolute Gasteiger partial charge is 0.251 e. The molecule has 1 heterocycles. The van der Waals surface area contributed by atoms with Gasteiger partial charge in [0.25, 0.3) is 5.91 Å². The molecule has 162 valence electrons. The number of amides is 1. The average molecular weight is 414 g/mol. The lowest BCUT2D eigenvalue weighted by Gasteiger charge is -2.38. The Kier molecular flexibility index (Phi) is 7.54. The molecule has 2 aromatic carbocycles. The summed E-state index contributed by atoms with van der Waals surface area (Å²) in [5.41, 5.74) is 7.81. The van der Waals surface area contributed by atoms with Gasteiger partial charge in [0.2, 0.25) is 5.75 Å². The van der Waals surface area contributed by atoms with Crippen LogP contribution < -0.4 is 25.3 Å². The zero-order chi connectivity index (χ0) is 21.5. The second-order valence-corrected chi connectivity index (χ2v) is 7.50. The fourth-order valence-electron chi connectivity index (χ4n) is 3.99. The molecule has 1 fully saturated rings. The monoisotopic (exact) mass is 413 g/mol. The fourth-order valence-corrected chi connectivity index (χ4v) is 3.99. The molecule has 3 N–H and O–H groups in total. The summed E-state index contributed by atoms with van der Waals surface area (Å²) in [5.74, 6) is 1.39. The van der Waals surface area contributed by atoms with Crippen molar-refractivity contribution in [3.8, 4) is 17.2 Å². The molecule has 0 radical (unpaired) electrons. The summed E-state index contributed by atoms with van der Waals surface area (Å²) in [4.78, 5) is 15.4. The molecule has 0 aromatic heterocycles. The van der Waals surface area contributed by atoms with Crippen LogP contribution in [0.3, 0.4) is 0 Å². The van der Waals surface area contributed by atoms with Crippen molar-refractivity contribution in [3.05, 3.63) is 53.6 Å². The Morgan fingerprint density at radius 3 is 2.33 bits per heavy atom. The van der Waals surface area contributed by atoms with Crippen molar-refractivity contribution in [3.63, 3.8) is 0 Å². The molecule has 1 amide bonds. The minimum absolute atomic E-state index is 0.0219. The van der Waals surface area contributed by atoms with Gasteiger partial charge in [-0.1, -0.05) is 30.3 Å². The summed E-state index contributed by atoms with van der Waals surface area (Å²) in [6, 6.07) is 13.8. The van der Waals surface area contributed by atoms with Gasteiger partial charge < -0.3 is 25.3 Å². The topological polar surface area (TPSA) is 86.1 Å². The molecule has 30 heavy (non-hydrogen) atoms. The van der Waals surface area contributed by atoms with Crippen LogP contribution in [0.2, 0.25) is 0 Å². The normalized spacial score (nSPS) is 19.2. The van der Waals surface area contributed by atoms with E-state index in [4.69, 9.17) is 19.9 Å². The van der Waals surface area contributed by atoms with E-state index in [0.717, 1.165) is 26.1 Å². The van der Waals surface area contributed by atoms with Crippen LogP contribution in [0.15, 0.2) is 42.5 Å². The van der Waals surface area contributed by atoms with Crippen LogP contribution in [0.25, 0.3) is 0 Å². The summed E-state index contributed by atoms with van der Waals surface area (Å²) in [5, 5.41) is 3.16. The molecule has 1 aliphatic rings. The number of likely N-dealkylation sites (tertiary alicyclic amines) is 1. The van der Waals surface area contributed by atoms with Gasteiger partial charge in [0.1, 0.15) is 0 Å². The van der Waals surface area contributed by atoms with E-state index in [-0.39, 0.29) is 17.9 Å². The SMILES string of the molecule is COc1cc(C(=O)N[C@H]2CCN(Cc3ccccc3)C[C@H]2CN)cc(OC)c1OC. The number of rotatable bonds is 8. The standard InChI is InChI=1S/C23H31N3O4/c1-28-20-11-17(12-21(29-2)22(20)30-3)23(27)25-19-9-10-26(15-18(19)13-24)14-16-7-5-4-6-8-16/h4-8,11-12,18-19H,9-10,13-15,24H2,1-3H3,(H,25,27)/t18-,19+/m1/s1. The molecule has 0 spiro atoms. The number of nitrogens with zero attached hydrogens (tertiary/aromatic N) is 1. The van der Waals surface area contributed by atoms with Crippen molar-refractivity contribution >= 4 is 5.91 Å². The predicted octanol–water partition coefficient (Wildman–Crippen LogP) is 2.29. The molecular formula is C23H31N3O4. The summed E-state index contributed by atoms with van der Waals surface area (Å²) in [6.45, 7) is 3.17. The maximum Gasteiger partial charge on any atom is 0.251 e. The number of nitrogens with one attached hydrogen (secondary N) is 1. The molecule has 1 saturated heterocycles. The number of hydrogen-bond donors (Lipinski definition) is 2. The first kappa shape index (κ1) is 21.9. The number of carbonyl (C=O) groups excluding carboxylic acids is 1. The zero-order valence-corrected chi connectivity index (χ0v) is 17.9. The van der Waals surface area contributed by atoms with Crippen molar-refractivity contribution in [1.82, 2.24) is 10.2 Å². The van der Waals surface area contributed by atoms with E-state index < -0.39 is 0 Å². The molecular weight excluding hydrogens is 382 g/mol. The molecule has 7 nitrogen and oxygen atoms in total. The Bertz CT molecular complexity index is 819. The molecule has 3 rings (SSSR count). The van der Waals surface area contributed by atoms with Gasteiger partial charge >= 0.3 is 0 Å². The van der Waals surface area contributed by atoms with E-state index >= 15 is 0 Å². The highest BCUT2D eigenvalue weighted by Crippen LogP contribution is 2.38. The van der Waals surface area contributed by atoms with Gasteiger partial charge in [-0.3, -0.25) is 9.69 Å². The van der Waals surface area contributed by atoms with E-state index in [1.807, 2.05) is 6.07 Å². The van der Waals surface area contributed by atoms with Crippen LogP contribution in [0, 0.1) is 5.92 Å². The van der Waals surface area contributed by atoms with Gasteiger partial charge in [-0.05, 0) is 30.7 Å². The van der Waals surface area contributed by atoms with E-state index in [1.165, 1.54) is 26.9 Å². The van der Waals surface area contributed by atoms with E-state index in [0.29, 0.717) is 29.4 Å². The van der Waals surface area contributed by atoms with Gasteiger partial charge in [0.15, 0.2) is 11.5 Å². The van der Waals surface area contributed by atoms with Crippen LogP contribution in [-0.4, -0.2) is 57.8 Å². The summed E-state index contributed by atoms with van der Waals surface area (Å²) in [6.07, 6.45) is 0.852. The molecule has 0 unspecified atom stereocenters. The number of ether oxygens (including phenoxy) is 3. The average Bonchev–Trinajstić information content (AvgIpc) is 2.79. The third kappa shape index (κ3) is 5.04. The van der Waals surface area contributed by atoms with Gasteiger partial charge in [-0.2, -0.15) is 0 Å². The number of hydrogen-bond acceptors (Lipinski definition) is 6. The third-order valence-electron chi connectivity index (χ3n) is 5.61. The maximum atomic E-state index is 13.0. The van der Waals surface area contributed by atoms with E-state index in [1.54, 1.807) is 12.1 Å². The van der Waals surface area contributed by atoms with Crippen LogP contribution in [0.4, 0.5) is 0 Å². The molecule has 0 saturated carbocycles.